The molecule has 0 saturated heterocycles. The average molecular weight is 261 g/mol. The number of nitrogens with zero attached hydrogens (tertiary/aromatic N) is 1. The van der Waals surface area contributed by atoms with Crippen LogP contribution in [-0.2, 0) is 19.1 Å². The van der Waals surface area contributed by atoms with Crippen LogP contribution < -0.4 is 11.1 Å². The molecule has 0 heterocycles. The largest absolute Gasteiger partial charge is 0.480 e. The fraction of sp³-hybridized carbons (Fsp3) is 0.700. The van der Waals surface area contributed by atoms with Gasteiger partial charge in [0.25, 0.3) is 0 Å². The Bertz CT molecular complexity index is 279. The molecule has 0 spiro atoms. The zero-order chi connectivity index (χ0) is 14.0. The first-order valence-corrected chi connectivity index (χ1v) is 5.43. The number of hydrogen-bond donors (Lipinski definition) is 3. The van der Waals surface area contributed by atoms with E-state index in [1.165, 1.54) is 0 Å². The smallest absolute Gasteiger partial charge is 0.317 e. The highest BCUT2D eigenvalue weighted by molar-refractivity contribution is 5.81. The molecule has 2 amide bonds. The Morgan fingerprint density at radius 2 is 1.94 bits per heavy atom. The molecule has 0 bridgehead atoms. The van der Waals surface area contributed by atoms with Crippen molar-refractivity contribution in [2.75, 3.05) is 39.9 Å². The first-order chi connectivity index (χ1) is 8.45. The standard InChI is InChI=1S/C10H19N3O5/c1-18-4-2-3-12-9(15)6-13(5-8(11)14)7-10(16)17/h2-7H2,1H3,(H2,11,14)(H,12,15)(H,16,17). The summed E-state index contributed by atoms with van der Waals surface area (Å²) in [6, 6.07) is 0. The predicted molar refractivity (Wildman–Crippen MR) is 62.8 cm³/mol. The number of carbonyl (C=O) groups excluding carboxylic acids is 2. The summed E-state index contributed by atoms with van der Waals surface area (Å²) in [5, 5.41) is 11.2. The fourth-order valence-electron chi connectivity index (χ4n) is 1.28. The van der Waals surface area contributed by atoms with Gasteiger partial charge in [-0.05, 0) is 6.42 Å². The lowest BCUT2D eigenvalue weighted by molar-refractivity contribution is -0.139. The molecule has 0 aliphatic heterocycles. The molecular formula is C10H19N3O5. The third-order valence-electron chi connectivity index (χ3n) is 1.95. The van der Waals surface area contributed by atoms with Gasteiger partial charge in [0.15, 0.2) is 0 Å². The summed E-state index contributed by atoms with van der Waals surface area (Å²) >= 11 is 0. The number of primary amides is 1. The van der Waals surface area contributed by atoms with E-state index >= 15 is 0 Å². The van der Waals surface area contributed by atoms with E-state index in [1.54, 1.807) is 7.11 Å². The summed E-state index contributed by atoms with van der Waals surface area (Å²) in [5.74, 6) is -2.15. The van der Waals surface area contributed by atoms with Crippen LogP contribution in [0, 0.1) is 0 Å². The van der Waals surface area contributed by atoms with Gasteiger partial charge in [-0.3, -0.25) is 19.3 Å². The molecular weight excluding hydrogens is 242 g/mol. The molecule has 4 N–H and O–H groups in total. The zero-order valence-electron chi connectivity index (χ0n) is 10.3. The van der Waals surface area contributed by atoms with Crippen LogP contribution in [0.4, 0.5) is 0 Å². The number of nitrogens with two attached hydrogens (primary N) is 1. The van der Waals surface area contributed by atoms with E-state index in [2.05, 4.69) is 5.32 Å². The Hall–Kier alpha value is -1.67. The van der Waals surface area contributed by atoms with E-state index in [-0.39, 0.29) is 19.0 Å². The van der Waals surface area contributed by atoms with Crippen LogP contribution in [0.2, 0.25) is 0 Å². The lowest BCUT2D eigenvalue weighted by atomic mass is 10.4. The summed E-state index contributed by atoms with van der Waals surface area (Å²) in [6.45, 7) is 0.110. The molecule has 0 rings (SSSR count). The number of aliphatic carboxylic acids is 1. The van der Waals surface area contributed by atoms with E-state index in [0.717, 1.165) is 4.90 Å². The molecule has 0 aliphatic carbocycles. The molecule has 0 atom stereocenters. The third kappa shape index (κ3) is 9.55. The minimum absolute atomic E-state index is 0.178. The number of carbonyl (C=O) groups is 3. The van der Waals surface area contributed by atoms with Gasteiger partial charge in [-0.2, -0.15) is 0 Å². The average Bonchev–Trinajstić information content (AvgIpc) is 2.22. The second-order valence-electron chi connectivity index (χ2n) is 3.70. The monoisotopic (exact) mass is 261 g/mol. The van der Waals surface area contributed by atoms with Gasteiger partial charge in [-0.25, -0.2) is 0 Å². The highest BCUT2D eigenvalue weighted by atomic mass is 16.5. The predicted octanol–water partition coefficient (Wildman–Crippen LogP) is -1.99. The van der Waals surface area contributed by atoms with Gasteiger partial charge in [0.05, 0.1) is 19.6 Å². The van der Waals surface area contributed by atoms with Crippen molar-refractivity contribution in [1.82, 2.24) is 10.2 Å². The topological polar surface area (TPSA) is 122 Å². The van der Waals surface area contributed by atoms with Gasteiger partial charge in [-0.1, -0.05) is 0 Å². The Morgan fingerprint density at radius 1 is 1.28 bits per heavy atom. The molecule has 0 aromatic heterocycles. The lowest BCUT2D eigenvalue weighted by Gasteiger charge is -2.17. The number of nitrogens with one attached hydrogen (secondary N) is 1. The summed E-state index contributed by atoms with van der Waals surface area (Å²) in [4.78, 5) is 33.8. The van der Waals surface area contributed by atoms with Crippen molar-refractivity contribution in [1.29, 1.82) is 0 Å². The van der Waals surface area contributed by atoms with Crippen molar-refractivity contribution in [3.05, 3.63) is 0 Å². The lowest BCUT2D eigenvalue weighted by Crippen LogP contribution is -2.43. The van der Waals surface area contributed by atoms with Crippen molar-refractivity contribution >= 4 is 17.8 Å². The highest BCUT2D eigenvalue weighted by Crippen LogP contribution is 1.88. The normalized spacial score (nSPS) is 10.3. The Labute approximate surface area is 105 Å². The summed E-state index contributed by atoms with van der Waals surface area (Å²) in [5.41, 5.74) is 4.96. The van der Waals surface area contributed by atoms with Gasteiger partial charge < -0.3 is 20.9 Å². The molecule has 8 heteroatoms. The third-order valence-corrected chi connectivity index (χ3v) is 1.95. The molecule has 0 aromatic carbocycles. The van der Waals surface area contributed by atoms with Crippen molar-refractivity contribution in [2.45, 2.75) is 6.42 Å². The number of carboxylic acids is 1. The van der Waals surface area contributed by atoms with Crippen molar-refractivity contribution in [3.63, 3.8) is 0 Å². The Balaban J connectivity index is 4.01. The minimum atomic E-state index is -1.12. The molecule has 0 unspecified atom stereocenters. The van der Waals surface area contributed by atoms with E-state index in [1.807, 2.05) is 0 Å². The molecule has 8 nitrogen and oxygen atoms in total. The van der Waals surface area contributed by atoms with Gasteiger partial charge >= 0.3 is 5.97 Å². The molecule has 0 aliphatic rings. The van der Waals surface area contributed by atoms with E-state index in [4.69, 9.17) is 15.6 Å². The number of methoxy groups -OCH3 is 1. The molecule has 0 aromatic rings. The van der Waals surface area contributed by atoms with Crippen LogP contribution in [0.25, 0.3) is 0 Å². The highest BCUT2D eigenvalue weighted by Gasteiger charge is 2.15. The maximum Gasteiger partial charge on any atom is 0.317 e. The SMILES string of the molecule is COCCCNC(=O)CN(CC(N)=O)CC(=O)O. The molecule has 104 valence electrons. The molecule has 0 fully saturated rings. The number of ether oxygens (including phenoxy) is 1. The van der Waals surface area contributed by atoms with Gasteiger partial charge in [0.2, 0.25) is 11.8 Å². The summed E-state index contributed by atoms with van der Waals surface area (Å²) in [6.07, 6.45) is 0.664. The van der Waals surface area contributed by atoms with E-state index < -0.39 is 18.4 Å². The minimum Gasteiger partial charge on any atom is -0.480 e. The zero-order valence-corrected chi connectivity index (χ0v) is 10.3. The molecule has 0 saturated carbocycles. The second-order valence-corrected chi connectivity index (χ2v) is 3.70. The maximum absolute atomic E-state index is 11.4. The van der Waals surface area contributed by atoms with Crippen molar-refractivity contribution < 1.29 is 24.2 Å². The number of carboxylic acid groups (broad SMARTS) is 1. The molecule has 18 heavy (non-hydrogen) atoms. The molecule has 0 radical (unpaired) electrons. The number of amides is 2. The van der Waals surface area contributed by atoms with Crippen LogP contribution in [0.1, 0.15) is 6.42 Å². The maximum atomic E-state index is 11.4. The number of rotatable bonds is 10. The summed E-state index contributed by atoms with van der Waals surface area (Å²) in [7, 11) is 1.56. The first-order valence-electron chi connectivity index (χ1n) is 5.43. The fourth-order valence-corrected chi connectivity index (χ4v) is 1.28. The van der Waals surface area contributed by atoms with Crippen LogP contribution in [0.3, 0.4) is 0 Å². The number of hydrogen-bond acceptors (Lipinski definition) is 5. The summed E-state index contributed by atoms with van der Waals surface area (Å²) < 4.78 is 4.81. The van der Waals surface area contributed by atoms with Crippen LogP contribution in [-0.4, -0.2) is 67.7 Å². The van der Waals surface area contributed by atoms with Gasteiger partial charge in [0.1, 0.15) is 0 Å². The van der Waals surface area contributed by atoms with Crippen LogP contribution in [0.15, 0.2) is 0 Å². The van der Waals surface area contributed by atoms with Gasteiger partial charge in [-0.15, -0.1) is 0 Å². The van der Waals surface area contributed by atoms with Crippen molar-refractivity contribution in [2.24, 2.45) is 5.73 Å². The van der Waals surface area contributed by atoms with Crippen molar-refractivity contribution in [3.8, 4) is 0 Å². The first kappa shape index (κ1) is 16.3. The quantitative estimate of drug-likeness (QED) is 0.391. The second kappa shape index (κ2) is 9.37. The van der Waals surface area contributed by atoms with Crippen LogP contribution >= 0.6 is 0 Å². The van der Waals surface area contributed by atoms with E-state index in [0.29, 0.717) is 19.6 Å². The van der Waals surface area contributed by atoms with Gasteiger partial charge in [0, 0.05) is 20.3 Å². The van der Waals surface area contributed by atoms with E-state index in [9.17, 15) is 14.4 Å². The van der Waals surface area contributed by atoms with Crippen LogP contribution in [0.5, 0.6) is 0 Å². The Morgan fingerprint density at radius 3 is 2.44 bits per heavy atom. The Kier molecular flexibility index (Phi) is 8.50.